The number of aryl methyl sites for hydroxylation is 2. The molecule has 0 atom stereocenters. The van der Waals surface area contributed by atoms with Crippen LogP contribution in [0.2, 0.25) is 0 Å². The summed E-state index contributed by atoms with van der Waals surface area (Å²) in [5, 5.41) is 21.0. The SMILES string of the molecule is C#C.C#N.CCC1CCCCC1.CNC(=O)N1CCc2[nH]nc(N3CCCc4cc(-c5cnn(C)c5)c(C(F)F)cc43)c2C1. The second-order valence-electron chi connectivity index (χ2n) is 11.2. The highest BCUT2D eigenvalue weighted by atomic mass is 19.3. The zero-order valence-corrected chi connectivity index (χ0v) is 26.0. The molecular formula is C33H44F2N8O. The molecule has 236 valence electrons. The van der Waals surface area contributed by atoms with Crippen LogP contribution in [0.5, 0.6) is 0 Å². The smallest absolute Gasteiger partial charge is 0.317 e. The van der Waals surface area contributed by atoms with Gasteiger partial charge in [-0.3, -0.25) is 9.78 Å². The van der Waals surface area contributed by atoms with E-state index in [-0.39, 0.29) is 11.6 Å². The quantitative estimate of drug-likeness (QED) is 0.315. The summed E-state index contributed by atoms with van der Waals surface area (Å²) in [6.07, 6.45) is 20.1. The summed E-state index contributed by atoms with van der Waals surface area (Å²) in [7, 11) is 3.38. The number of nitriles is 1. The number of anilines is 2. The van der Waals surface area contributed by atoms with Crippen molar-refractivity contribution < 1.29 is 13.6 Å². The zero-order valence-electron chi connectivity index (χ0n) is 26.0. The monoisotopic (exact) mass is 606 g/mol. The van der Waals surface area contributed by atoms with Crippen molar-refractivity contribution in [3.05, 3.63) is 46.9 Å². The fourth-order valence-corrected chi connectivity index (χ4v) is 6.29. The number of alkyl halides is 2. The highest BCUT2D eigenvalue weighted by Gasteiger charge is 2.31. The maximum atomic E-state index is 14.1. The molecule has 0 spiro atoms. The Morgan fingerprint density at radius 1 is 1.14 bits per heavy atom. The van der Waals surface area contributed by atoms with E-state index in [1.54, 1.807) is 42.1 Å². The van der Waals surface area contributed by atoms with Crippen LogP contribution in [0.3, 0.4) is 0 Å². The first-order chi connectivity index (χ1) is 21.4. The molecule has 1 saturated carbocycles. The summed E-state index contributed by atoms with van der Waals surface area (Å²) in [6.45, 7) is 7.53. The van der Waals surface area contributed by atoms with Crippen molar-refractivity contribution in [2.75, 3.05) is 25.0 Å². The average molecular weight is 607 g/mol. The Morgan fingerprint density at radius 2 is 1.86 bits per heavy atom. The number of urea groups is 1. The standard InChI is InChI=1S/C22H25F2N7O.C8H16.C2H2.CHN/c1-25-22(32)30-7-5-18-17(12-30)21(28-27-18)31-6-3-4-13-8-15(14-10-26-29(2)11-14)16(20(23)24)9-19(13)31;1-2-8-6-4-3-5-7-8;2*1-2/h8-11,20H,3-7,12H2,1-2H3,(H,25,32)(H,27,28);8H,2-7H2,1H3;1-2H;1H. The van der Waals surface area contributed by atoms with E-state index in [4.69, 9.17) is 5.26 Å². The molecule has 6 rings (SSSR count). The van der Waals surface area contributed by atoms with Crippen molar-refractivity contribution >= 4 is 17.5 Å². The van der Waals surface area contributed by atoms with Gasteiger partial charge in [0.15, 0.2) is 5.82 Å². The Morgan fingerprint density at radius 3 is 2.45 bits per heavy atom. The van der Waals surface area contributed by atoms with Gasteiger partial charge >= 0.3 is 6.03 Å². The molecule has 3 aromatic rings. The first-order valence-electron chi connectivity index (χ1n) is 15.2. The van der Waals surface area contributed by atoms with Crippen LogP contribution >= 0.6 is 0 Å². The maximum absolute atomic E-state index is 14.1. The van der Waals surface area contributed by atoms with Crippen molar-refractivity contribution in [1.82, 2.24) is 30.2 Å². The molecule has 11 heteroatoms. The molecule has 0 saturated heterocycles. The Bertz CT molecular complexity index is 1400. The number of aromatic nitrogens is 4. The topological polar surface area (TPSA) is 106 Å². The van der Waals surface area contributed by atoms with Crippen molar-refractivity contribution in [3.8, 4) is 30.5 Å². The van der Waals surface area contributed by atoms with Crippen LogP contribution in [-0.2, 0) is 26.4 Å². The molecule has 1 fully saturated rings. The molecule has 2 amide bonds. The fraction of sp³-hybridized carbons (Fsp3) is 0.515. The van der Waals surface area contributed by atoms with Gasteiger partial charge in [0.25, 0.3) is 6.43 Å². The van der Waals surface area contributed by atoms with Crippen molar-refractivity contribution in [3.63, 3.8) is 0 Å². The number of hydrogen-bond donors (Lipinski definition) is 2. The lowest BCUT2D eigenvalue weighted by atomic mass is 9.88. The molecule has 2 aliphatic heterocycles. The van der Waals surface area contributed by atoms with E-state index in [1.807, 2.05) is 11.0 Å². The third kappa shape index (κ3) is 7.76. The number of carbonyl (C=O) groups is 1. The van der Waals surface area contributed by atoms with E-state index in [0.29, 0.717) is 43.0 Å². The third-order valence-electron chi connectivity index (χ3n) is 8.59. The summed E-state index contributed by atoms with van der Waals surface area (Å²) in [5.41, 5.74) is 4.89. The van der Waals surface area contributed by atoms with Gasteiger partial charge in [-0.25, -0.2) is 18.8 Å². The third-order valence-corrected chi connectivity index (χ3v) is 8.59. The molecule has 44 heavy (non-hydrogen) atoms. The van der Waals surface area contributed by atoms with Gasteiger partial charge in [0.2, 0.25) is 0 Å². The van der Waals surface area contributed by atoms with E-state index in [9.17, 15) is 13.6 Å². The van der Waals surface area contributed by atoms with E-state index < -0.39 is 6.43 Å². The summed E-state index contributed by atoms with van der Waals surface area (Å²) in [4.78, 5) is 15.9. The number of nitrogens with one attached hydrogen (secondary N) is 2. The molecule has 2 aromatic heterocycles. The molecule has 0 unspecified atom stereocenters. The van der Waals surface area contributed by atoms with E-state index in [2.05, 4.69) is 47.0 Å². The molecule has 9 nitrogen and oxygen atoms in total. The van der Waals surface area contributed by atoms with Gasteiger partial charge in [0.1, 0.15) is 0 Å². The Balaban J connectivity index is 0.000000376. The number of nitrogens with zero attached hydrogens (tertiary/aromatic N) is 6. The van der Waals surface area contributed by atoms with E-state index >= 15 is 0 Å². The van der Waals surface area contributed by atoms with E-state index in [1.165, 1.54) is 38.5 Å². The Hall–Kier alpha value is -4.38. The van der Waals surface area contributed by atoms with Crippen LogP contribution in [-0.4, -0.2) is 51.0 Å². The highest BCUT2D eigenvalue weighted by Crippen LogP contribution is 2.42. The lowest BCUT2D eigenvalue weighted by Crippen LogP contribution is -2.41. The molecule has 0 bridgehead atoms. The highest BCUT2D eigenvalue weighted by molar-refractivity contribution is 5.78. The Kier molecular flexibility index (Phi) is 12.8. The number of rotatable bonds is 4. The number of terminal acetylenes is 1. The number of benzene rings is 1. The first kappa shape index (κ1) is 34.1. The van der Waals surface area contributed by atoms with Crippen molar-refractivity contribution in [2.45, 2.75) is 77.7 Å². The number of amides is 2. The van der Waals surface area contributed by atoms with Gasteiger partial charge in [-0.05, 0) is 42.0 Å². The van der Waals surface area contributed by atoms with Gasteiger partial charge in [-0.15, -0.1) is 12.8 Å². The molecule has 1 aliphatic carbocycles. The zero-order chi connectivity index (χ0) is 32.2. The lowest BCUT2D eigenvalue weighted by molar-refractivity contribution is 0.152. The van der Waals surface area contributed by atoms with Gasteiger partial charge in [0.05, 0.1) is 12.7 Å². The number of H-pyrrole nitrogens is 1. The number of fused-ring (bicyclic) bond motifs is 2. The predicted octanol–water partition coefficient (Wildman–Crippen LogP) is 6.90. The molecule has 4 heterocycles. The molecule has 3 aliphatic rings. The summed E-state index contributed by atoms with van der Waals surface area (Å²) < 4.78 is 29.8. The first-order valence-corrected chi connectivity index (χ1v) is 15.2. The van der Waals surface area contributed by atoms with Gasteiger partial charge in [-0.1, -0.05) is 45.4 Å². The normalized spacial score (nSPS) is 15.8. The van der Waals surface area contributed by atoms with Crippen molar-refractivity contribution in [2.24, 2.45) is 13.0 Å². The number of aromatic amines is 1. The summed E-state index contributed by atoms with van der Waals surface area (Å²) in [5.74, 6) is 1.80. The van der Waals surface area contributed by atoms with Crippen LogP contribution in [0.1, 0.15) is 80.7 Å². The molecular weight excluding hydrogens is 562 g/mol. The number of hydrogen-bond acceptors (Lipinski definition) is 5. The van der Waals surface area contributed by atoms with Crippen LogP contribution in [0.4, 0.5) is 25.1 Å². The van der Waals surface area contributed by atoms with Gasteiger partial charge in [0, 0.05) is 74.4 Å². The minimum absolute atomic E-state index is 0.0139. The summed E-state index contributed by atoms with van der Waals surface area (Å²) in [6, 6.07) is 3.33. The van der Waals surface area contributed by atoms with Crippen LogP contribution in [0, 0.1) is 30.6 Å². The largest absolute Gasteiger partial charge is 0.341 e. The maximum Gasteiger partial charge on any atom is 0.317 e. The molecule has 2 N–H and O–H groups in total. The van der Waals surface area contributed by atoms with E-state index in [0.717, 1.165) is 41.3 Å². The minimum Gasteiger partial charge on any atom is -0.341 e. The summed E-state index contributed by atoms with van der Waals surface area (Å²) >= 11 is 0. The predicted molar refractivity (Wildman–Crippen MR) is 170 cm³/mol. The number of carbonyl (C=O) groups excluding carboxylic acids is 1. The number of halogens is 2. The molecule has 1 aromatic carbocycles. The fourth-order valence-electron chi connectivity index (χ4n) is 6.29. The van der Waals surface area contributed by atoms with Crippen molar-refractivity contribution in [1.29, 1.82) is 5.26 Å². The van der Waals surface area contributed by atoms with Crippen LogP contribution < -0.4 is 10.2 Å². The van der Waals surface area contributed by atoms with Crippen LogP contribution in [0.15, 0.2) is 24.5 Å². The molecule has 0 radical (unpaired) electrons. The second-order valence-corrected chi connectivity index (χ2v) is 11.2. The minimum atomic E-state index is -2.61. The van der Waals surface area contributed by atoms with Gasteiger partial charge in [-0.2, -0.15) is 10.2 Å². The second kappa shape index (κ2) is 16.5. The Labute approximate surface area is 259 Å². The lowest BCUT2D eigenvalue weighted by Gasteiger charge is -2.33. The van der Waals surface area contributed by atoms with Gasteiger partial charge < -0.3 is 15.1 Å². The average Bonchev–Trinajstić information content (AvgIpc) is 3.71. The van der Waals surface area contributed by atoms with Crippen LogP contribution in [0.25, 0.3) is 11.1 Å².